The van der Waals surface area contributed by atoms with Crippen molar-refractivity contribution >= 4 is 54.5 Å². The van der Waals surface area contributed by atoms with Crippen molar-refractivity contribution in [3.8, 4) is 22.3 Å². The molecule has 3 aromatic carbocycles. The van der Waals surface area contributed by atoms with Crippen molar-refractivity contribution in [1.29, 1.82) is 0 Å². The highest BCUT2D eigenvalue weighted by Gasteiger charge is 2.19. The lowest BCUT2D eigenvalue weighted by molar-refractivity contribution is 0.256. The highest BCUT2D eigenvalue weighted by molar-refractivity contribution is 7.90. The first kappa shape index (κ1) is 25.4. The summed E-state index contributed by atoms with van der Waals surface area (Å²) in [4.78, 5) is 18.4. The molecule has 5 aromatic rings. The first-order valence-corrected chi connectivity index (χ1v) is 14.4. The lowest BCUT2D eigenvalue weighted by atomic mass is 10.0. The second-order valence-corrected chi connectivity index (χ2v) is 11.7. The van der Waals surface area contributed by atoms with E-state index in [9.17, 15) is 13.2 Å². The van der Waals surface area contributed by atoms with Crippen LogP contribution in [0.15, 0.2) is 89.3 Å². The summed E-state index contributed by atoms with van der Waals surface area (Å²) < 4.78 is 25.1. The van der Waals surface area contributed by atoms with Gasteiger partial charge in [0.15, 0.2) is 9.84 Å². The summed E-state index contributed by atoms with van der Waals surface area (Å²) in [6.07, 6.45) is 2.85. The van der Waals surface area contributed by atoms with Crippen LogP contribution in [-0.2, 0) is 16.4 Å². The fraction of sp³-hybridized carbons (Fsp3) is 0.0714. The van der Waals surface area contributed by atoms with Crippen LogP contribution in [0.4, 0.5) is 22.0 Å². The molecule has 0 saturated heterocycles. The van der Waals surface area contributed by atoms with E-state index in [4.69, 9.17) is 17.2 Å². The molecule has 0 aliphatic heterocycles. The highest BCUT2D eigenvalue weighted by Crippen LogP contribution is 2.42. The van der Waals surface area contributed by atoms with Crippen LogP contribution >= 0.6 is 11.3 Å². The number of hydrogen-bond donors (Lipinski definition) is 3. The van der Waals surface area contributed by atoms with Crippen molar-refractivity contribution < 1.29 is 13.2 Å². The molecule has 6 N–H and O–H groups in total. The second kappa shape index (κ2) is 9.90. The number of nitrogens with two attached hydrogens (primary N) is 3. The van der Waals surface area contributed by atoms with Gasteiger partial charge < -0.3 is 17.2 Å². The number of hydrogen-bond acceptors (Lipinski definition) is 7. The van der Waals surface area contributed by atoms with Crippen LogP contribution in [0.3, 0.4) is 0 Å². The van der Waals surface area contributed by atoms with Gasteiger partial charge in [0.2, 0.25) is 0 Å². The predicted molar refractivity (Wildman–Crippen MR) is 154 cm³/mol. The van der Waals surface area contributed by atoms with Crippen LogP contribution in [0.1, 0.15) is 5.56 Å². The SMILES string of the molecule is CS(=O)(=O)c1cccc(-c2cnc(N)c3c(-c4ccc(N(C(N)=O)c5cccc(CN)c5)cc4)csc23)c1. The minimum absolute atomic E-state index is 0.239. The van der Waals surface area contributed by atoms with Gasteiger partial charge in [-0.15, -0.1) is 11.3 Å². The molecule has 2 amide bonds. The third kappa shape index (κ3) is 4.72. The van der Waals surface area contributed by atoms with E-state index in [-0.39, 0.29) is 4.90 Å². The van der Waals surface area contributed by atoms with Crippen molar-refractivity contribution in [3.05, 3.63) is 89.9 Å². The summed E-state index contributed by atoms with van der Waals surface area (Å²) in [5.74, 6) is 0.376. The van der Waals surface area contributed by atoms with Gasteiger partial charge in [-0.1, -0.05) is 36.4 Å². The summed E-state index contributed by atoms with van der Waals surface area (Å²) >= 11 is 1.51. The Hall–Kier alpha value is -4.25. The van der Waals surface area contributed by atoms with Crippen LogP contribution in [0.5, 0.6) is 0 Å². The first-order valence-electron chi connectivity index (χ1n) is 11.6. The Morgan fingerprint density at radius 3 is 2.37 bits per heavy atom. The van der Waals surface area contributed by atoms with Crippen molar-refractivity contribution in [2.24, 2.45) is 11.5 Å². The molecule has 10 heteroatoms. The molecule has 192 valence electrons. The van der Waals surface area contributed by atoms with Gasteiger partial charge in [0.25, 0.3) is 0 Å². The maximum Gasteiger partial charge on any atom is 0.323 e. The molecule has 0 fully saturated rings. The van der Waals surface area contributed by atoms with Crippen LogP contribution in [0.2, 0.25) is 0 Å². The Morgan fingerprint density at radius 1 is 0.947 bits per heavy atom. The van der Waals surface area contributed by atoms with E-state index >= 15 is 0 Å². The third-order valence-corrected chi connectivity index (χ3v) is 8.38. The zero-order valence-electron chi connectivity index (χ0n) is 20.5. The Balaban J connectivity index is 1.56. The number of fused-ring (bicyclic) bond motifs is 1. The average molecular weight is 544 g/mol. The van der Waals surface area contributed by atoms with Crippen molar-refractivity contribution in [2.75, 3.05) is 16.9 Å². The van der Waals surface area contributed by atoms with Gasteiger partial charge in [-0.2, -0.15) is 0 Å². The van der Waals surface area contributed by atoms with E-state index in [0.29, 0.717) is 23.7 Å². The number of aromatic nitrogens is 1. The Bertz CT molecular complexity index is 1780. The van der Waals surface area contributed by atoms with Gasteiger partial charge in [-0.05, 0) is 58.5 Å². The van der Waals surface area contributed by atoms with E-state index in [1.807, 2.05) is 53.9 Å². The van der Waals surface area contributed by atoms with E-state index < -0.39 is 15.9 Å². The van der Waals surface area contributed by atoms with Crippen LogP contribution in [-0.4, -0.2) is 25.7 Å². The third-order valence-electron chi connectivity index (χ3n) is 6.26. The molecule has 0 aliphatic rings. The zero-order valence-corrected chi connectivity index (χ0v) is 22.1. The Morgan fingerprint density at radius 2 is 1.68 bits per heavy atom. The lowest BCUT2D eigenvalue weighted by Gasteiger charge is -2.21. The summed E-state index contributed by atoms with van der Waals surface area (Å²) in [6, 6.07) is 21.0. The first-order chi connectivity index (χ1) is 18.2. The highest BCUT2D eigenvalue weighted by atomic mass is 32.2. The van der Waals surface area contributed by atoms with Crippen LogP contribution in [0.25, 0.3) is 32.3 Å². The molecule has 0 unspecified atom stereocenters. The summed E-state index contributed by atoms with van der Waals surface area (Å²) in [5, 5.41) is 2.78. The van der Waals surface area contributed by atoms with Crippen LogP contribution in [0, 0.1) is 0 Å². The number of rotatable bonds is 6. The summed E-state index contributed by atoms with van der Waals surface area (Å²) in [7, 11) is -3.36. The number of benzene rings is 3. The van der Waals surface area contributed by atoms with E-state index in [0.717, 1.165) is 37.9 Å². The molecule has 5 rings (SSSR count). The molecular formula is C28H25N5O3S2. The maximum atomic E-state index is 12.3. The normalized spacial score (nSPS) is 11.5. The van der Waals surface area contributed by atoms with Gasteiger partial charge in [0.1, 0.15) is 5.82 Å². The molecule has 0 saturated carbocycles. The number of amides is 2. The van der Waals surface area contributed by atoms with Gasteiger partial charge in [0, 0.05) is 40.2 Å². The number of nitrogen functional groups attached to an aromatic ring is 1. The predicted octanol–water partition coefficient (Wildman–Crippen LogP) is 5.29. The Labute approximate surface area is 224 Å². The van der Waals surface area contributed by atoms with Crippen molar-refractivity contribution in [1.82, 2.24) is 4.98 Å². The molecule has 2 aromatic heterocycles. The van der Waals surface area contributed by atoms with Crippen molar-refractivity contribution in [3.63, 3.8) is 0 Å². The summed E-state index contributed by atoms with van der Waals surface area (Å²) in [5.41, 5.74) is 23.2. The molecular weight excluding hydrogens is 518 g/mol. The number of thiophene rings is 1. The number of sulfone groups is 1. The Kier molecular flexibility index (Phi) is 6.62. The van der Waals surface area contributed by atoms with E-state index in [1.165, 1.54) is 22.5 Å². The van der Waals surface area contributed by atoms with E-state index in [2.05, 4.69) is 4.98 Å². The fourth-order valence-corrected chi connectivity index (χ4v) is 6.18. The molecule has 0 spiro atoms. The molecule has 0 atom stereocenters. The quantitative estimate of drug-likeness (QED) is 0.265. The molecule has 0 radical (unpaired) electrons. The minimum Gasteiger partial charge on any atom is -0.383 e. The standard InChI is InChI=1S/C28H25N5O3S2/c1-38(35,36)22-7-3-5-19(13-22)23-15-32-27(30)25-24(16-37-26(23)25)18-8-10-20(11-9-18)33(28(31)34)21-6-2-4-17(12-21)14-29/h2-13,15-16H,14,29H2,1H3,(H2,30,32)(H2,31,34). The monoisotopic (exact) mass is 543 g/mol. The lowest BCUT2D eigenvalue weighted by Crippen LogP contribution is -2.31. The number of urea groups is 1. The topological polar surface area (TPSA) is 145 Å². The number of nitrogens with zero attached hydrogens (tertiary/aromatic N) is 2. The number of anilines is 3. The smallest absolute Gasteiger partial charge is 0.323 e. The van der Waals surface area contributed by atoms with Gasteiger partial charge in [-0.25, -0.2) is 18.2 Å². The van der Waals surface area contributed by atoms with Crippen molar-refractivity contribution in [2.45, 2.75) is 11.4 Å². The largest absolute Gasteiger partial charge is 0.383 e. The van der Waals surface area contributed by atoms with E-state index in [1.54, 1.807) is 30.5 Å². The maximum absolute atomic E-state index is 12.3. The number of carbonyl (C=O) groups excluding carboxylic acids is 1. The minimum atomic E-state index is -3.36. The second-order valence-electron chi connectivity index (χ2n) is 8.81. The zero-order chi connectivity index (χ0) is 27.0. The summed E-state index contributed by atoms with van der Waals surface area (Å²) in [6.45, 7) is 0.348. The molecule has 38 heavy (non-hydrogen) atoms. The molecule has 0 bridgehead atoms. The van der Waals surface area contributed by atoms with Gasteiger partial charge >= 0.3 is 6.03 Å². The average Bonchev–Trinajstić information content (AvgIpc) is 3.35. The number of primary amides is 1. The van der Waals surface area contributed by atoms with Gasteiger partial charge in [0.05, 0.1) is 16.3 Å². The molecule has 8 nitrogen and oxygen atoms in total. The number of pyridine rings is 1. The van der Waals surface area contributed by atoms with Crippen LogP contribution < -0.4 is 22.1 Å². The molecule has 0 aliphatic carbocycles. The molecule has 2 heterocycles. The number of carbonyl (C=O) groups is 1. The van der Waals surface area contributed by atoms with Gasteiger partial charge in [-0.3, -0.25) is 4.90 Å². The fourth-order valence-electron chi connectivity index (χ4n) is 4.40.